The first-order valence-corrected chi connectivity index (χ1v) is 10.3. The lowest BCUT2D eigenvalue weighted by Crippen LogP contribution is -2.36. The van der Waals surface area contributed by atoms with E-state index >= 15 is 0 Å². The predicted octanol–water partition coefficient (Wildman–Crippen LogP) is 3.20. The Labute approximate surface area is 173 Å². The van der Waals surface area contributed by atoms with Gasteiger partial charge in [-0.05, 0) is 55.7 Å². The topological polar surface area (TPSA) is 89.2 Å². The Bertz CT molecular complexity index is 1020. The van der Waals surface area contributed by atoms with E-state index in [-0.39, 0.29) is 30.1 Å². The Balaban J connectivity index is 1.57. The summed E-state index contributed by atoms with van der Waals surface area (Å²) in [6, 6.07) is 7.95. The highest BCUT2D eigenvalue weighted by molar-refractivity contribution is 6.46. The summed E-state index contributed by atoms with van der Waals surface area (Å²) in [5.41, 5.74) is 1.49. The normalized spacial score (nSPS) is 27.5. The van der Waals surface area contributed by atoms with Crippen LogP contribution in [0.2, 0.25) is 0 Å². The van der Waals surface area contributed by atoms with Crippen LogP contribution in [-0.2, 0) is 20.7 Å². The number of aliphatic hydroxyl groups excluding tert-OH is 1. The summed E-state index contributed by atoms with van der Waals surface area (Å²) in [7, 11) is 0. The standard InChI is InChI=1S/C23H23NO6/c1-13-10-15-11-14(6-7-17(15)30-13)21(25)19-20(18-5-3-9-29-18)24(23(27)22(19)26)12-16-4-2-8-28-16/h3,5-7,9,11,13,16,20,25H,2,4,8,10,12H2,1H3/b21-19+/t13-,16-,20-/m0/s1. The van der Waals surface area contributed by atoms with Gasteiger partial charge in [0.2, 0.25) is 0 Å². The number of Topliss-reactive ketones (excluding diaryl/α,β-unsaturated/α-hetero) is 1. The maximum absolute atomic E-state index is 13.0. The molecule has 3 aliphatic heterocycles. The highest BCUT2D eigenvalue weighted by Gasteiger charge is 2.48. The molecular weight excluding hydrogens is 386 g/mol. The van der Waals surface area contributed by atoms with E-state index < -0.39 is 17.7 Å². The number of nitrogens with zero attached hydrogens (tertiary/aromatic N) is 1. The maximum atomic E-state index is 13.0. The molecule has 0 spiro atoms. The number of hydrogen-bond acceptors (Lipinski definition) is 6. The van der Waals surface area contributed by atoms with Crippen molar-refractivity contribution in [3.63, 3.8) is 0 Å². The molecule has 30 heavy (non-hydrogen) atoms. The lowest BCUT2D eigenvalue weighted by Gasteiger charge is -2.25. The Kier molecular flexibility index (Phi) is 4.62. The van der Waals surface area contributed by atoms with Crippen molar-refractivity contribution >= 4 is 17.4 Å². The number of carbonyl (C=O) groups is 2. The number of fused-ring (bicyclic) bond motifs is 1. The van der Waals surface area contributed by atoms with Gasteiger partial charge in [0.25, 0.3) is 11.7 Å². The SMILES string of the molecule is C[C@H]1Cc2cc(/C(O)=C3\C(=O)C(=O)N(C[C@@H]4CCCO4)[C@H]3c3ccco3)ccc2O1. The number of likely N-dealkylation sites (tertiary alicyclic amines) is 1. The van der Waals surface area contributed by atoms with Crippen LogP contribution in [0.25, 0.3) is 5.76 Å². The van der Waals surface area contributed by atoms with Gasteiger partial charge < -0.3 is 23.9 Å². The number of ether oxygens (including phenoxy) is 2. The van der Waals surface area contributed by atoms with Crippen molar-refractivity contribution in [2.45, 2.75) is 44.4 Å². The van der Waals surface area contributed by atoms with Crippen molar-refractivity contribution in [2.75, 3.05) is 13.2 Å². The van der Waals surface area contributed by atoms with Gasteiger partial charge in [0, 0.05) is 25.1 Å². The maximum Gasteiger partial charge on any atom is 0.295 e. The van der Waals surface area contributed by atoms with Crippen LogP contribution in [0.3, 0.4) is 0 Å². The van der Waals surface area contributed by atoms with E-state index in [0.717, 1.165) is 30.6 Å². The van der Waals surface area contributed by atoms with Crippen molar-refractivity contribution in [2.24, 2.45) is 0 Å². The third-order valence-corrected chi connectivity index (χ3v) is 5.95. The molecule has 2 fully saturated rings. The van der Waals surface area contributed by atoms with E-state index in [9.17, 15) is 14.7 Å². The molecule has 1 aromatic heterocycles. The fourth-order valence-corrected chi connectivity index (χ4v) is 4.54. The van der Waals surface area contributed by atoms with Crippen molar-refractivity contribution < 1.29 is 28.6 Å². The van der Waals surface area contributed by atoms with Gasteiger partial charge in [-0.2, -0.15) is 0 Å². The van der Waals surface area contributed by atoms with Gasteiger partial charge >= 0.3 is 0 Å². The van der Waals surface area contributed by atoms with E-state index in [1.807, 2.05) is 13.0 Å². The van der Waals surface area contributed by atoms with Gasteiger partial charge in [-0.3, -0.25) is 9.59 Å². The molecule has 0 aliphatic carbocycles. The quantitative estimate of drug-likeness (QED) is 0.474. The molecule has 0 unspecified atom stereocenters. The fourth-order valence-electron chi connectivity index (χ4n) is 4.54. The number of ketones is 1. The number of furan rings is 1. The molecule has 156 valence electrons. The molecule has 0 saturated carbocycles. The first-order valence-electron chi connectivity index (χ1n) is 10.3. The second-order valence-electron chi connectivity index (χ2n) is 8.06. The van der Waals surface area contributed by atoms with Crippen LogP contribution >= 0.6 is 0 Å². The van der Waals surface area contributed by atoms with Gasteiger partial charge in [0.1, 0.15) is 29.4 Å². The minimum atomic E-state index is -0.785. The van der Waals surface area contributed by atoms with Gasteiger partial charge in [-0.1, -0.05) is 0 Å². The molecule has 1 amide bonds. The van der Waals surface area contributed by atoms with Crippen LogP contribution < -0.4 is 4.74 Å². The summed E-state index contributed by atoms with van der Waals surface area (Å²) in [6.45, 7) is 2.91. The van der Waals surface area contributed by atoms with E-state index in [1.54, 1.807) is 24.3 Å². The molecule has 7 heteroatoms. The first-order chi connectivity index (χ1) is 14.5. The zero-order valence-corrected chi connectivity index (χ0v) is 16.7. The van der Waals surface area contributed by atoms with Crippen LogP contribution in [-0.4, -0.2) is 47.1 Å². The van der Waals surface area contributed by atoms with Crippen LogP contribution in [0.5, 0.6) is 5.75 Å². The molecule has 7 nitrogen and oxygen atoms in total. The van der Waals surface area contributed by atoms with Crippen molar-refractivity contribution in [3.05, 3.63) is 59.1 Å². The Morgan fingerprint density at radius 3 is 2.87 bits per heavy atom. The Hall–Kier alpha value is -3.06. The van der Waals surface area contributed by atoms with Crippen molar-refractivity contribution in [1.82, 2.24) is 4.90 Å². The average molecular weight is 409 g/mol. The fraction of sp³-hybridized carbons (Fsp3) is 0.391. The molecule has 0 radical (unpaired) electrons. The van der Waals surface area contributed by atoms with Crippen LogP contribution in [0.4, 0.5) is 0 Å². The minimum absolute atomic E-state index is 0.0415. The third kappa shape index (κ3) is 3.10. The largest absolute Gasteiger partial charge is 0.507 e. The first kappa shape index (κ1) is 18.9. The van der Waals surface area contributed by atoms with Gasteiger partial charge in [-0.25, -0.2) is 0 Å². The third-order valence-electron chi connectivity index (χ3n) is 5.95. The van der Waals surface area contributed by atoms with Crippen LogP contribution in [0.1, 0.15) is 42.7 Å². The van der Waals surface area contributed by atoms with E-state index in [2.05, 4.69) is 0 Å². The summed E-state index contributed by atoms with van der Waals surface area (Å²) in [6.07, 6.45) is 3.92. The summed E-state index contributed by atoms with van der Waals surface area (Å²) < 4.78 is 17.0. The molecule has 1 aromatic carbocycles. The molecule has 3 aliphatic rings. The molecular formula is C23H23NO6. The van der Waals surface area contributed by atoms with Crippen molar-refractivity contribution in [1.29, 1.82) is 0 Å². The molecule has 3 atom stereocenters. The van der Waals surface area contributed by atoms with Gasteiger partial charge in [0.15, 0.2) is 0 Å². The number of amides is 1. The molecule has 0 bridgehead atoms. The zero-order valence-electron chi connectivity index (χ0n) is 16.7. The number of carbonyl (C=O) groups excluding carboxylic acids is 2. The second kappa shape index (κ2) is 7.32. The monoisotopic (exact) mass is 409 g/mol. The predicted molar refractivity (Wildman–Crippen MR) is 107 cm³/mol. The zero-order chi connectivity index (χ0) is 20.8. The molecule has 2 saturated heterocycles. The van der Waals surface area contributed by atoms with Gasteiger partial charge in [0.05, 0.1) is 17.9 Å². The van der Waals surface area contributed by atoms with Crippen molar-refractivity contribution in [3.8, 4) is 5.75 Å². The Morgan fingerprint density at radius 2 is 2.13 bits per heavy atom. The van der Waals surface area contributed by atoms with E-state index in [4.69, 9.17) is 13.9 Å². The van der Waals surface area contributed by atoms with Gasteiger partial charge in [-0.15, -0.1) is 0 Å². The molecule has 5 rings (SSSR count). The lowest BCUT2D eigenvalue weighted by molar-refractivity contribution is -0.141. The van der Waals surface area contributed by atoms with E-state index in [0.29, 0.717) is 17.9 Å². The summed E-state index contributed by atoms with van der Waals surface area (Å²) in [4.78, 5) is 27.3. The summed E-state index contributed by atoms with van der Waals surface area (Å²) in [5, 5.41) is 11.1. The summed E-state index contributed by atoms with van der Waals surface area (Å²) >= 11 is 0. The number of rotatable bonds is 4. The highest BCUT2D eigenvalue weighted by atomic mass is 16.5. The Morgan fingerprint density at radius 1 is 1.27 bits per heavy atom. The second-order valence-corrected chi connectivity index (χ2v) is 8.06. The number of aliphatic hydroxyl groups is 1. The molecule has 1 N–H and O–H groups in total. The van der Waals surface area contributed by atoms with Crippen LogP contribution in [0, 0.1) is 0 Å². The number of hydrogen-bond donors (Lipinski definition) is 1. The summed E-state index contributed by atoms with van der Waals surface area (Å²) in [5.74, 6) is -0.345. The molecule has 2 aromatic rings. The highest BCUT2D eigenvalue weighted by Crippen LogP contribution is 2.41. The minimum Gasteiger partial charge on any atom is -0.507 e. The van der Waals surface area contributed by atoms with E-state index in [1.165, 1.54) is 11.2 Å². The average Bonchev–Trinajstić information content (AvgIpc) is 3.51. The van der Waals surface area contributed by atoms with Crippen LogP contribution in [0.15, 0.2) is 46.6 Å². The molecule has 4 heterocycles. The number of benzene rings is 1. The smallest absolute Gasteiger partial charge is 0.295 e. The lowest BCUT2D eigenvalue weighted by atomic mass is 9.97.